The fraction of sp³-hybridized carbons (Fsp3) is 0.562. The number of primary amides is 1. The molecule has 0 saturated carbocycles. The number of benzene rings is 1. The van der Waals surface area contributed by atoms with E-state index in [0.29, 0.717) is 16.5 Å². The number of nitrogens with one attached hydrogen (secondary N) is 1. The van der Waals surface area contributed by atoms with Gasteiger partial charge in [-0.1, -0.05) is 11.6 Å². The largest absolute Gasteiger partial charge is 0.493 e. The second-order valence-corrected chi connectivity index (χ2v) is 6.79. The van der Waals surface area contributed by atoms with Crippen molar-refractivity contribution in [2.24, 2.45) is 5.73 Å². The third-order valence-electron chi connectivity index (χ3n) is 3.70. The van der Waals surface area contributed by atoms with E-state index in [-0.39, 0.29) is 12.1 Å². The van der Waals surface area contributed by atoms with Gasteiger partial charge in [0, 0.05) is 31.7 Å². The molecule has 0 spiro atoms. The molecule has 0 aromatic heterocycles. The molecular weight excluding hydrogens is 318 g/mol. The summed E-state index contributed by atoms with van der Waals surface area (Å²) in [7, 11) is 1.54. The molecule has 1 fully saturated rings. The Balaban J connectivity index is 2.14. The van der Waals surface area contributed by atoms with Gasteiger partial charge in [0.25, 0.3) is 5.91 Å². The molecule has 0 bridgehead atoms. The SMILES string of the molecule is COc1cc(CN2CCNC(C)(C)C2)cc(Cl)c1OCC(N)=O. The summed E-state index contributed by atoms with van der Waals surface area (Å²) in [4.78, 5) is 13.2. The van der Waals surface area contributed by atoms with Gasteiger partial charge in [0.2, 0.25) is 0 Å². The summed E-state index contributed by atoms with van der Waals surface area (Å²) in [5, 5.41) is 3.90. The quantitative estimate of drug-likeness (QED) is 0.817. The van der Waals surface area contributed by atoms with Crippen molar-refractivity contribution in [3.8, 4) is 11.5 Å². The Morgan fingerprint density at radius 1 is 1.48 bits per heavy atom. The lowest BCUT2D eigenvalue weighted by molar-refractivity contribution is -0.119. The molecule has 2 rings (SSSR count). The number of nitrogens with two attached hydrogens (primary N) is 1. The van der Waals surface area contributed by atoms with Crippen molar-refractivity contribution in [2.75, 3.05) is 33.4 Å². The molecule has 1 aromatic rings. The predicted octanol–water partition coefficient (Wildman–Crippen LogP) is 1.40. The van der Waals surface area contributed by atoms with Gasteiger partial charge in [-0.05, 0) is 31.5 Å². The second kappa shape index (κ2) is 7.38. The van der Waals surface area contributed by atoms with Crippen LogP contribution in [0.25, 0.3) is 0 Å². The first-order valence-corrected chi connectivity index (χ1v) is 7.93. The Hall–Kier alpha value is -1.50. The zero-order chi connectivity index (χ0) is 17.0. The molecule has 128 valence electrons. The Morgan fingerprint density at radius 3 is 2.83 bits per heavy atom. The number of carbonyl (C=O) groups excluding carboxylic acids is 1. The molecule has 1 saturated heterocycles. The number of amides is 1. The van der Waals surface area contributed by atoms with Gasteiger partial charge in [0.15, 0.2) is 18.1 Å². The van der Waals surface area contributed by atoms with Crippen molar-refractivity contribution in [1.82, 2.24) is 10.2 Å². The molecule has 23 heavy (non-hydrogen) atoms. The minimum Gasteiger partial charge on any atom is -0.493 e. The zero-order valence-electron chi connectivity index (χ0n) is 13.8. The van der Waals surface area contributed by atoms with E-state index in [0.717, 1.165) is 31.7 Å². The fourth-order valence-electron chi connectivity index (χ4n) is 2.79. The summed E-state index contributed by atoms with van der Waals surface area (Å²) in [6, 6.07) is 3.73. The maximum atomic E-state index is 10.9. The van der Waals surface area contributed by atoms with Crippen LogP contribution < -0.4 is 20.5 Å². The highest BCUT2D eigenvalue weighted by molar-refractivity contribution is 6.32. The molecule has 0 unspecified atom stereocenters. The number of nitrogens with zero attached hydrogens (tertiary/aromatic N) is 1. The summed E-state index contributed by atoms with van der Waals surface area (Å²) in [6.45, 7) is 7.80. The lowest BCUT2D eigenvalue weighted by atomic mass is 10.0. The third kappa shape index (κ3) is 4.99. The predicted molar refractivity (Wildman–Crippen MR) is 90.1 cm³/mol. The first-order valence-electron chi connectivity index (χ1n) is 7.55. The van der Waals surface area contributed by atoms with Gasteiger partial charge >= 0.3 is 0 Å². The summed E-state index contributed by atoms with van der Waals surface area (Å²) in [6.07, 6.45) is 0. The van der Waals surface area contributed by atoms with Crippen molar-refractivity contribution in [3.63, 3.8) is 0 Å². The van der Waals surface area contributed by atoms with Gasteiger partial charge in [-0.3, -0.25) is 9.69 Å². The highest BCUT2D eigenvalue weighted by atomic mass is 35.5. The third-order valence-corrected chi connectivity index (χ3v) is 3.99. The first-order chi connectivity index (χ1) is 10.8. The highest BCUT2D eigenvalue weighted by Gasteiger charge is 2.26. The van der Waals surface area contributed by atoms with Gasteiger partial charge < -0.3 is 20.5 Å². The van der Waals surface area contributed by atoms with E-state index in [4.69, 9.17) is 26.8 Å². The molecular formula is C16H24ClN3O3. The van der Waals surface area contributed by atoms with Crippen LogP contribution in [-0.4, -0.2) is 49.7 Å². The van der Waals surface area contributed by atoms with Crippen LogP contribution in [0.3, 0.4) is 0 Å². The van der Waals surface area contributed by atoms with Crippen molar-refractivity contribution in [1.29, 1.82) is 0 Å². The molecule has 1 aliphatic heterocycles. The number of methoxy groups -OCH3 is 1. The normalized spacial score (nSPS) is 17.7. The monoisotopic (exact) mass is 341 g/mol. The van der Waals surface area contributed by atoms with Crippen molar-refractivity contribution < 1.29 is 14.3 Å². The van der Waals surface area contributed by atoms with E-state index in [1.54, 1.807) is 7.11 Å². The fourth-order valence-corrected chi connectivity index (χ4v) is 3.08. The maximum Gasteiger partial charge on any atom is 0.255 e. The second-order valence-electron chi connectivity index (χ2n) is 6.39. The molecule has 1 aliphatic rings. The number of rotatable bonds is 6. The van der Waals surface area contributed by atoms with Crippen LogP contribution >= 0.6 is 11.6 Å². The summed E-state index contributed by atoms with van der Waals surface area (Å²) >= 11 is 6.28. The average Bonchev–Trinajstić information content (AvgIpc) is 2.44. The van der Waals surface area contributed by atoms with E-state index >= 15 is 0 Å². The van der Waals surface area contributed by atoms with Crippen LogP contribution in [0.2, 0.25) is 5.02 Å². The number of piperazine rings is 1. The van der Waals surface area contributed by atoms with Crippen molar-refractivity contribution in [2.45, 2.75) is 25.9 Å². The molecule has 7 heteroatoms. The summed E-state index contributed by atoms with van der Waals surface area (Å²) in [5.74, 6) is 0.288. The maximum absolute atomic E-state index is 10.9. The topological polar surface area (TPSA) is 76.8 Å². The molecule has 0 aliphatic carbocycles. The highest BCUT2D eigenvalue weighted by Crippen LogP contribution is 2.36. The smallest absolute Gasteiger partial charge is 0.255 e. The summed E-state index contributed by atoms with van der Waals surface area (Å²) in [5.41, 5.74) is 6.23. The molecule has 0 atom stereocenters. The number of hydrogen-bond acceptors (Lipinski definition) is 5. The van der Waals surface area contributed by atoms with Gasteiger partial charge in [0.05, 0.1) is 12.1 Å². The number of carbonyl (C=O) groups is 1. The Bertz CT molecular complexity index is 578. The molecule has 1 heterocycles. The average molecular weight is 342 g/mol. The Labute approximate surface area is 141 Å². The molecule has 1 amide bonds. The standard InChI is InChI=1S/C16H24ClN3O3/c1-16(2)10-20(5-4-19-16)8-11-6-12(17)15(13(7-11)22-3)23-9-14(18)21/h6-7,19H,4-5,8-10H2,1-3H3,(H2,18,21). The first kappa shape index (κ1) is 17.8. The van der Waals surface area contributed by atoms with E-state index in [1.165, 1.54) is 0 Å². The van der Waals surface area contributed by atoms with Gasteiger partial charge in [-0.15, -0.1) is 0 Å². The molecule has 1 aromatic carbocycles. The van der Waals surface area contributed by atoms with E-state index in [1.807, 2.05) is 12.1 Å². The zero-order valence-corrected chi connectivity index (χ0v) is 14.6. The molecule has 6 nitrogen and oxygen atoms in total. The van der Waals surface area contributed by atoms with Gasteiger partial charge in [-0.25, -0.2) is 0 Å². The summed E-state index contributed by atoms with van der Waals surface area (Å²) < 4.78 is 10.7. The lowest BCUT2D eigenvalue weighted by Crippen LogP contribution is -2.56. The van der Waals surface area contributed by atoms with E-state index in [2.05, 4.69) is 24.1 Å². The van der Waals surface area contributed by atoms with Crippen LogP contribution in [0, 0.1) is 0 Å². The van der Waals surface area contributed by atoms with Crippen LogP contribution in [0.5, 0.6) is 11.5 Å². The van der Waals surface area contributed by atoms with Crippen LogP contribution in [-0.2, 0) is 11.3 Å². The lowest BCUT2D eigenvalue weighted by Gasteiger charge is -2.39. The molecule has 0 radical (unpaired) electrons. The number of halogens is 1. The van der Waals surface area contributed by atoms with E-state index in [9.17, 15) is 4.79 Å². The van der Waals surface area contributed by atoms with Crippen molar-refractivity contribution in [3.05, 3.63) is 22.7 Å². The number of hydrogen-bond donors (Lipinski definition) is 2. The minimum atomic E-state index is -0.560. The number of ether oxygens (including phenoxy) is 2. The minimum absolute atomic E-state index is 0.0939. The van der Waals surface area contributed by atoms with Crippen LogP contribution in [0.1, 0.15) is 19.4 Å². The molecule has 3 N–H and O–H groups in total. The Kier molecular flexibility index (Phi) is 5.73. The van der Waals surface area contributed by atoms with E-state index < -0.39 is 5.91 Å². The van der Waals surface area contributed by atoms with Gasteiger partial charge in [-0.2, -0.15) is 0 Å². The van der Waals surface area contributed by atoms with Crippen LogP contribution in [0.15, 0.2) is 12.1 Å². The van der Waals surface area contributed by atoms with Crippen LogP contribution in [0.4, 0.5) is 0 Å². The van der Waals surface area contributed by atoms with Gasteiger partial charge in [0.1, 0.15) is 0 Å². The Morgan fingerprint density at radius 2 is 2.22 bits per heavy atom. The van der Waals surface area contributed by atoms with Crippen molar-refractivity contribution >= 4 is 17.5 Å².